The van der Waals surface area contributed by atoms with Gasteiger partial charge in [0.1, 0.15) is 10.6 Å². The molecule has 0 spiro atoms. The molecule has 0 bridgehead atoms. The summed E-state index contributed by atoms with van der Waals surface area (Å²) in [7, 11) is -4.25. The zero-order valence-electron chi connectivity index (χ0n) is 17.2. The Morgan fingerprint density at radius 1 is 0.786 bits per heavy atom. The third kappa shape index (κ3) is 7.96. The number of rotatable bonds is 16. The Morgan fingerprint density at radius 3 is 1.71 bits per heavy atom. The number of unbranched alkanes of at least 4 members (excludes halogenated alkanes) is 13. The molecule has 2 N–H and O–H groups in total. The van der Waals surface area contributed by atoms with E-state index in [4.69, 9.17) is 0 Å². The van der Waals surface area contributed by atoms with Crippen molar-refractivity contribution in [3.05, 3.63) is 11.6 Å². The van der Waals surface area contributed by atoms with Gasteiger partial charge in [-0.15, -0.1) is 0 Å². The lowest BCUT2D eigenvalue weighted by Gasteiger charge is -2.05. The van der Waals surface area contributed by atoms with E-state index in [-0.39, 0.29) is 10.6 Å². The first kappa shape index (κ1) is 23.6. The second kappa shape index (κ2) is 12.1. The summed E-state index contributed by atoms with van der Waals surface area (Å²) >= 11 is 1.34. The van der Waals surface area contributed by atoms with Crippen LogP contribution < -0.4 is 0 Å². The summed E-state index contributed by atoms with van der Waals surface area (Å²) in [6.07, 6.45) is 19.1. The van der Waals surface area contributed by atoms with Crippen LogP contribution in [0.1, 0.15) is 102 Å². The lowest BCUT2D eigenvalue weighted by atomic mass is 10.0. The van der Waals surface area contributed by atoms with Crippen LogP contribution in [0.15, 0.2) is 20.8 Å². The highest BCUT2D eigenvalue weighted by atomic mass is 32.2. The Labute approximate surface area is 175 Å². The Morgan fingerprint density at radius 2 is 1.25 bits per heavy atom. The van der Waals surface area contributed by atoms with E-state index in [0.717, 1.165) is 29.7 Å². The van der Waals surface area contributed by atoms with Crippen LogP contribution in [0.4, 0.5) is 0 Å². The van der Waals surface area contributed by atoms with Gasteiger partial charge in [0.25, 0.3) is 10.1 Å². The maximum atomic E-state index is 11.3. The molecule has 0 aliphatic carbocycles. The quantitative estimate of drug-likeness (QED) is 0.169. The summed E-state index contributed by atoms with van der Waals surface area (Å²) < 4.78 is 31.7. The van der Waals surface area contributed by atoms with Crippen molar-refractivity contribution in [3.63, 3.8) is 0 Å². The largest absolute Gasteiger partial charge is 0.508 e. The Kier molecular flexibility index (Phi) is 10.2. The highest BCUT2D eigenvalue weighted by Crippen LogP contribution is 2.57. The SMILES string of the molecule is CCCCCCCCCCCCCCCCc1c(O)cc(S(=O)(=O)O)c2c1S2. The van der Waals surface area contributed by atoms with Crippen molar-refractivity contribution in [2.24, 2.45) is 0 Å². The number of phenols is 1. The molecule has 0 saturated carbocycles. The predicted octanol–water partition coefficient (Wildman–Crippen LogP) is 7.13. The molecule has 1 aliphatic heterocycles. The van der Waals surface area contributed by atoms with E-state index in [1.165, 1.54) is 94.9 Å². The van der Waals surface area contributed by atoms with Gasteiger partial charge in [-0.3, -0.25) is 4.55 Å². The molecule has 1 aromatic rings. The van der Waals surface area contributed by atoms with Crippen molar-refractivity contribution < 1.29 is 18.1 Å². The summed E-state index contributed by atoms with van der Waals surface area (Å²) in [5.41, 5.74) is 0.839. The molecule has 0 amide bonds. The van der Waals surface area contributed by atoms with Crippen molar-refractivity contribution in [3.8, 4) is 5.75 Å². The molecule has 28 heavy (non-hydrogen) atoms. The van der Waals surface area contributed by atoms with Crippen LogP contribution in [0, 0.1) is 0 Å². The number of aromatic hydroxyl groups is 1. The molecule has 160 valence electrons. The van der Waals surface area contributed by atoms with Gasteiger partial charge in [0.05, 0.1) is 0 Å². The van der Waals surface area contributed by atoms with E-state index < -0.39 is 10.1 Å². The Balaban J connectivity index is 1.49. The van der Waals surface area contributed by atoms with Crippen molar-refractivity contribution in [1.29, 1.82) is 0 Å². The summed E-state index contributed by atoms with van der Waals surface area (Å²) in [5, 5.41) is 10.1. The summed E-state index contributed by atoms with van der Waals surface area (Å²) in [5.74, 6) is -0.00827. The lowest BCUT2D eigenvalue weighted by Crippen LogP contribution is -1.98. The number of fused-ring (bicyclic) bond motifs is 1. The third-order valence-corrected chi connectivity index (χ3v) is 7.59. The van der Waals surface area contributed by atoms with Crippen LogP contribution in [0.5, 0.6) is 5.75 Å². The fourth-order valence-electron chi connectivity index (χ4n) is 3.76. The Hall–Kier alpha value is -0.720. The average molecular weight is 429 g/mol. The molecule has 0 fully saturated rings. The predicted molar refractivity (Wildman–Crippen MR) is 116 cm³/mol. The van der Waals surface area contributed by atoms with Crippen molar-refractivity contribution in [2.45, 2.75) is 118 Å². The van der Waals surface area contributed by atoms with E-state index in [0.29, 0.717) is 4.90 Å². The van der Waals surface area contributed by atoms with Crippen molar-refractivity contribution in [2.75, 3.05) is 0 Å². The number of phenolic OH excluding ortho intramolecular Hbond substituents is 1. The second-order valence-electron chi connectivity index (χ2n) is 7.95. The van der Waals surface area contributed by atoms with Gasteiger partial charge in [-0.25, -0.2) is 0 Å². The van der Waals surface area contributed by atoms with Crippen LogP contribution in [0.2, 0.25) is 0 Å². The summed E-state index contributed by atoms with van der Waals surface area (Å²) in [4.78, 5) is 1.28. The van der Waals surface area contributed by atoms with E-state index in [1.54, 1.807) is 0 Å². The molecule has 0 saturated heterocycles. The smallest absolute Gasteiger partial charge is 0.295 e. The first-order chi connectivity index (χ1) is 13.4. The van der Waals surface area contributed by atoms with Crippen LogP contribution in [-0.4, -0.2) is 18.1 Å². The van der Waals surface area contributed by atoms with E-state index in [2.05, 4.69) is 6.92 Å². The minimum Gasteiger partial charge on any atom is -0.508 e. The molecule has 2 rings (SSSR count). The second-order valence-corrected chi connectivity index (χ2v) is 10.4. The lowest BCUT2D eigenvalue weighted by molar-refractivity contribution is 0.454. The van der Waals surface area contributed by atoms with E-state index >= 15 is 0 Å². The highest BCUT2D eigenvalue weighted by Gasteiger charge is 2.34. The molecule has 1 aromatic carbocycles. The number of hydrogen-bond donors (Lipinski definition) is 2. The van der Waals surface area contributed by atoms with Gasteiger partial charge >= 0.3 is 0 Å². The molecule has 6 heteroatoms. The molecule has 0 unspecified atom stereocenters. The zero-order valence-corrected chi connectivity index (χ0v) is 18.8. The van der Waals surface area contributed by atoms with Gasteiger partial charge in [0, 0.05) is 21.4 Å². The Bertz CT molecular complexity index is 710. The molecule has 0 atom stereocenters. The molecular weight excluding hydrogens is 392 g/mol. The highest BCUT2D eigenvalue weighted by molar-refractivity contribution is 8.05. The number of benzene rings is 1. The number of hydrogen-bond acceptors (Lipinski definition) is 4. The molecule has 0 aromatic heterocycles. The van der Waals surface area contributed by atoms with Gasteiger partial charge in [-0.1, -0.05) is 102 Å². The third-order valence-electron chi connectivity index (χ3n) is 5.50. The average Bonchev–Trinajstić information content (AvgIpc) is 3.42. The van der Waals surface area contributed by atoms with Crippen LogP contribution >= 0.6 is 11.8 Å². The minimum atomic E-state index is -4.25. The van der Waals surface area contributed by atoms with Crippen LogP contribution in [0.25, 0.3) is 0 Å². The maximum absolute atomic E-state index is 11.3. The first-order valence-corrected chi connectivity index (χ1v) is 13.2. The van der Waals surface area contributed by atoms with Crippen LogP contribution in [0.3, 0.4) is 0 Å². The fraction of sp³-hybridized carbons (Fsp3) is 0.727. The van der Waals surface area contributed by atoms with Crippen LogP contribution in [-0.2, 0) is 16.5 Å². The standard InChI is InChI=1S/C22H36O4S2/c1-2-3-4-5-6-7-8-9-10-11-12-13-14-15-16-18-19(23)17-20(28(24,25)26)22-21(18)27-22/h17,23H,2-16H2,1H3,(H,24,25,26). The van der Waals surface area contributed by atoms with Crippen molar-refractivity contribution >= 4 is 21.9 Å². The fourth-order valence-corrected chi connectivity index (χ4v) is 5.74. The maximum Gasteiger partial charge on any atom is 0.295 e. The van der Waals surface area contributed by atoms with Gasteiger partial charge in [-0.2, -0.15) is 8.42 Å². The molecule has 0 radical (unpaired) electrons. The first-order valence-electron chi connectivity index (χ1n) is 11.0. The molecule has 4 nitrogen and oxygen atoms in total. The monoisotopic (exact) mass is 428 g/mol. The minimum absolute atomic E-state index is 0.00827. The van der Waals surface area contributed by atoms with Gasteiger partial charge in [0.15, 0.2) is 0 Å². The normalized spacial score (nSPS) is 12.9. The van der Waals surface area contributed by atoms with E-state index in [9.17, 15) is 18.1 Å². The van der Waals surface area contributed by atoms with Gasteiger partial charge in [0.2, 0.25) is 0 Å². The zero-order chi connectivity index (χ0) is 20.4. The van der Waals surface area contributed by atoms with Gasteiger partial charge < -0.3 is 5.11 Å². The molecular formula is C22H36O4S2. The van der Waals surface area contributed by atoms with Gasteiger partial charge in [-0.05, 0) is 12.8 Å². The molecule has 1 heterocycles. The summed E-state index contributed by atoms with van der Waals surface area (Å²) in [6.45, 7) is 2.26. The summed E-state index contributed by atoms with van der Waals surface area (Å²) in [6, 6.07) is 1.19. The van der Waals surface area contributed by atoms with Crippen molar-refractivity contribution in [1.82, 2.24) is 0 Å². The molecule has 1 aliphatic rings. The topological polar surface area (TPSA) is 74.6 Å². The van der Waals surface area contributed by atoms with E-state index in [1.807, 2.05) is 0 Å².